The fourth-order valence-electron chi connectivity index (χ4n) is 5.31. The van der Waals surface area contributed by atoms with Gasteiger partial charge in [0.05, 0.1) is 5.52 Å². The Balaban J connectivity index is 0.00000200. The maximum Gasteiger partial charge on any atom is 0.227 e. The first-order chi connectivity index (χ1) is 17.5. The van der Waals surface area contributed by atoms with Crippen LogP contribution in [0.2, 0.25) is 5.02 Å². The molecule has 2 saturated heterocycles. The number of aliphatic hydroxyl groups excluding tert-OH is 1. The topological polar surface area (TPSA) is 157 Å². The van der Waals surface area contributed by atoms with Crippen LogP contribution in [0.3, 0.4) is 0 Å². The van der Waals surface area contributed by atoms with Gasteiger partial charge in [-0.05, 0) is 80.6 Å². The molecule has 0 radical (unpaired) electrons. The summed E-state index contributed by atoms with van der Waals surface area (Å²) in [5.74, 6) is 1.68. The van der Waals surface area contributed by atoms with Crippen molar-refractivity contribution in [2.45, 2.75) is 38.6 Å². The van der Waals surface area contributed by atoms with Crippen molar-refractivity contribution in [3.8, 4) is 0 Å². The maximum absolute atomic E-state index is 11.6. The Morgan fingerprint density at radius 1 is 1.00 bits per heavy atom. The zero-order valence-corrected chi connectivity index (χ0v) is 24.8. The Hall–Kier alpha value is -2.44. The van der Waals surface area contributed by atoms with Crippen LogP contribution in [0.5, 0.6) is 0 Å². The molecule has 7 N–H and O–H groups in total. The molecule has 1 atom stereocenters. The highest BCUT2D eigenvalue weighted by atomic mass is 35.5. The fraction of sp³-hybridized carbons (Fsp3) is 0.444. The summed E-state index contributed by atoms with van der Waals surface area (Å²) in [6, 6.07) is 13.7. The Morgan fingerprint density at radius 2 is 1.68 bits per heavy atom. The fourth-order valence-corrected chi connectivity index (χ4v) is 5.44. The number of hydrogen-bond donors (Lipinski definition) is 3. The summed E-state index contributed by atoms with van der Waals surface area (Å²) in [7, 11) is 0. The minimum Gasteiger partial charge on any atom is -0.412 e. The number of carbonyl (C=O) groups is 1. The highest BCUT2D eigenvalue weighted by Crippen LogP contribution is 2.31. The lowest BCUT2D eigenvalue weighted by Crippen LogP contribution is -2.49. The molecule has 0 saturated carbocycles. The SMILES string of the molecule is CC(=O)Nc1ccc2nc(N3CCC(N4CCCC(CO)C4)CC3)nc(Nc3ccc(Cl)cc3)c2c1.Cl.Cl.O.O. The molecule has 1 amide bonds. The van der Waals surface area contributed by atoms with Crippen molar-refractivity contribution < 1.29 is 20.9 Å². The number of nitrogens with zero attached hydrogens (tertiary/aromatic N) is 4. The highest BCUT2D eigenvalue weighted by Gasteiger charge is 2.29. The Bertz CT molecular complexity index is 1230. The molecule has 1 unspecified atom stereocenters. The van der Waals surface area contributed by atoms with Gasteiger partial charge in [0.2, 0.25) is 11.9 Å². The number of carbonyl (C=O) groups excluding carboxylic acids is 1. The van der Waals surface area contributed by atoms with Crippen molar-refractivity contribution in [2.75, 3.05) is 48.3 Å². The molecule has 2 fully saturated rings. The molecule has 40 heavy (non-hydrogen) atoms. The lowest BCUT2D eigenvalue weighted by Gasteiger charge is -2.42. The van der Waals surface area contributed by atoms with Crippen LogP contribution in [0.4, 0.5) is 23.1 Å². The molecular weight excluding hydrogens is 579 g/mol. The second-order valence-corrected chi connectivity index (χ2v) is 10.3. The molecule has 10 nitrogen and oxygen atoms in total. The quantitative estimate of drug-likeness (QED) is 0.379. The van der Waals surface area contributed by atoms with E-state index in [1.165, 1.54) is 13.3 Å². The van der Waals surface area contributed by atoms with E-state index >= 15 is 0 Å². The standard InChI is InChI=1S/C27H33ClN6O2.2ClH.2H2O/c1-18(36)29-22-8-9-25-24(15-22)26(30-21-6-4-20(28)5-7-21)32-27(31-25)33-13-10-23(11-14-33)34-12-2-3-19(16-34)17-35;;;;/h4-9,15,19,23,35H,2-3,10-14,16-17H2,1H3,(H,29,36)(H,30,31,32);2*1H;2*1H2. The zero-order valence-electron chi connectivity index (χ0n) is 22.4. The molecule has 2 aliphatic rings. The van der Waals surface area contributed by atoms with E-state index in [4.69, 9.17) is 21.6 Å². The van der Waals surface area contributed by atoms with Crippen molar-refractivity contribution in [1.82, 2.24) is 14.9 Å². The van der Waals surface area contributed by atoms with E-state index in [2.05, 4.69) is 20.4 Å². The van der Waals surface area contributed by atoms with E-state index in [1.807, 2.05) is 42.5 Å². The number of anilines is 4. The summed E-state index contributed by atoms with van der Waals surface area (Å²) in [4.78, 5) is 26.3. The van der Waals surface area contributed by atoms with Crippen molar-refractivity contribution in [2.24, 2.45) is 5.92 Å². The summed E-state index contributed by atoms with van der Waals surface area (Å²) >= 11 is 6.07. The number of halogens is 3. The number of fused-ring (bicyclic) bond motifs is 1. The van der Waals surface area contributed by atoms with Crippen LogP contribution in [-0.2, 0) is 4.79 Å². The van der Waals surface area contributed by atoms with Gasteiger partial charge in [-0.2, -0.15) is 4.98 Å². The first-order valence-corrected chi connectivity index (χ1v) is 13.1. The van der Waals surface area contributed by atoms with Crippen LogP contribution >= 0.6 is 36.4 Å². The third-order valence-electron chi connectivity index (χ3n) is 7.18. The minimum absolute atomic E-state index is 0. The number of amides is 1. The van der Waals surface area contributed by atoms with Gasteiger partial charge in [0, 0.05) is 61.0 Å². The van der Waals surface area contributed by atoms with Gasteiger partial charge in [-0.15, -0.1) is 24.8 Å². The van der Waals surface area contributed by atoms with Crippen molar-refractivity contribution in [1.29, 1.82) is 0 Å². The van der Waals surface area contributed by atoms with Crippen LogP contribution in [0.25, 0.3) is 10.9 Å². The molecule has 1 aromatic heterocycles. The van der Waals surface area contributed by atoms with E-state index in [9.17, 15) is 9.90 Å². The molecule has 222 valence electrons. The van der Waals surface area contributed by atoms with Gasteiger partial charge in [0.15, 0.2) is 0 Å². The number of piperidine rings is 2. The summed E-state index contributed by atoms with van der Waals surface area (Å²) in [5, 5.41) is 17.4. The molecule has 2 aromatic carbocycles. The van der Waals surface area contributed by atoms with Crippen molar-refractivity contribution >= 4 is 76.4 Å². The summed E-state index contributed by atoms with van der Waals surface area (Å²) in [5.41, 5.74) is 2.39. The lowest BCUT2D eigenvalue weighted by atomic mass is 9.94. The molecule has 2 aliphatic heterocycles. The number of aromatic nitrogens is 2. The van der Waals surface area contributed by atoms with Crippen LogP contribution < -0.4 is 15.5 Å². The molecule has 3 heterocycles. The van der Waals surface area contributed by atoms with Crippen LogP contribution in [0.15, 0.2) is 42.5 Å². The zero-order chi connectivity index (χ0) is 25.1. The minimum atomic E-state index is -0.124. The molecule has 13 heteroatoms. The first kappa shape index (κ1) is 35.6. The normalized spacial score (nSPS) is 17.5. The average Bonchev–Trinajstić information content (AvgIpc) is 2.90. The number of rotatable bonds is 6. The number of likely N-dealkylation sites (tertiary alicyclic amines) is 1. The Kier molecular flexibility index (Phi) is 14.3. The van der Waals surface area contributed by atoms with Gasteiger partial charge in [-0.25, -0.2) is 4.98 Å². The first-order valence-electron chi connectivity index (χ1n) is 12.7. The van der Waals surface area contributed by atoms with Crippen molar-refractivity contribution in [3.05, 3.63) is 47.5 Å². The largest absolute Gasteiger partial charge is 0.412 e. The summed E-state index contributed by atoms with van der Waals surface area (Å²) in [6.45, 7) is 5.68. The smallest absolute Gasteiger partial charge is 0.227 e. The van der Waals surface area contributed by atoms with Crippen LogP contribution in [0, 0.1) is 5.92 Å². The highest BCUT2D eigenvalue weighted by molar-refractivity contribution is 6.30. The molecule has 3 aromatic rings. The summed E-state index contributed by atoms with van der Waals surface area (Å²) in [6.07, 6.45) is 4.41. The monoisotopic (exact) mass is 616 g/mol. The molecular formula is C27H39Cl3N6O4. The van der Waals surface area contributed by atoms with Gasteiger partial charge in [-0.1, -0.05) is 11.6 Å². The van der Waals surface area contributed by atoms with E-state index in [1.54, 1.807) is 0 Å². The average molecular weight is 618 g/mol. The molecule has 0 spiro atoms. The van der Waals surface area contributed by atoms with Gasteiger partial charge in [0.25, 0.3) is 0 Å². The Labute approximate surface area is 251 Å². The maximum atomic E-state index is 11.6. The second kappa shape index (κ2) is 16.1. The third kappa shape index (κ3) is 8.53. The van der Waals surface area contributed by atoms with E-state index < -0.39 is 0 Å². The number of aliphatic hydroxyl groups is 1. The Morgan fingerprint density at radius 3 is 2.33 bits per heavy atom. The molecule has 0 bridgehead atoms. The summed E-state index contributed by atoms with van der Waals surface area (Å²) < 4.78 is 0. The van der Waals surface area contributed by atoms with Crippen molar-refractivity contribution in [3.63, 3.8) is 0 Å². The van der Waals surface area contributed by atoms with E-state index in [0.29, 0.717) is 34.4 Å². The second-order valence-electron chi connectivity index (χ2n) is 9.82. The third-order valence-corrected chi connectivity index (χ3v) is 7.44. The predicted molar refractivity (Wildman–Crippen MR) is 167 cm³/mol. The van der Waals surface area contributed by atoms with Crippen LogP contribution in [0.1, 0.15) is 32.6 Å². The van der Waals surface area contributed by atoms with Gasteiger partial charge in [0.1, 0.15) is 5.82 Å². The number of hydrogen-bond acceptors (Lipinski definition) is 7. The number of benzene rings is 2. The van der Waals surface area contributed by atoms with Gasteiger partial charge < -0.3 is 31.6 Å². The van der Waals surface area contributed by atoms with E-state index in [0.717, 1.165) is 62.0 Å². The lowest BCUT2D eigenvalue weighted by molar-refractivity contribution is -0.114. The van der Waals surface area contributed by atoms with E-state index in [-0.39, 0.29) is 48.3 Å². The van der Waals surface area contributed by atoms with Gasteiger partial charge >= 0.3 is 0 Å². The number of nitrogens with one attached hydrogen (secondary N) is 2. The van der Waals surface area contributed by atoms with Gasteiger partial charge in [-0.3, -0.25) is 9.69 Å². The molecule has 0 aliphatic carbocycles. The predicted octanol–water partition coefficient (Wildman–Crippen LogP) is 3.85. The molecule has 5 rings (SSSR count). The van der Waals surface area contributed by atoms with Crippen LogP contribution in [-0.4, -0.2) is 75.7 Å².